The van der Waals surface area contributed by atoms with E-state index in [1.807, 2.05) is 48.7 Å². The lowest BCUT2D eigenvalue weighted by Crippen LogP contribution is -1.95. The molecule has 3 aromatic carbocycles. The molecule has 0 N–H and O–H groups in total. The Kier molecular flexibility index (Phi) is 5.07. The van der Waals surface area contributed by atoms with Crippen LogP contribution in [0.25, 0.3) is 61.4 Å². The molecule has 0 fully saturated rings. The van der Waals surface area contributed by atoms with Crippen LogP contribution in [0.3, 0.4) is 0 Å². The van der Waals surface area contributed by atoms with Gasteiger partial charge >= 0.3 is 0 Å². The molecule has 0 atom stereocenters. The standard InChI is InChI=1S/C33H22N4/c1-2-9-24(10-3-1)29-21-25(22-30(36-29)28-12-6-7-19-34-28)23-15-17-26(18-16-23)37-31-13-5-4-11-27(31)33-32(37)14-8-20-35-33/h1-22H. The molecule has 4 heteroatoms. The van der Waals surface area contributed by atoms with Gasteiger partial charge in [0.05, 0.1) is 33.6 Å². The third kappa shape index (κ3) is 3.76. The van der Waals surface area contributed by atoms with E-state index in [2.05, 4.69) is 93.4 Å². The van der Waals surface area contributed by atoms with E-state index in [1.165, 1.54) is 0 Å². The highest BCUT2D eigenvalue weighted by atomic mass is 15.0. The molecule has 4 heterocycles. The van der Waals surface area contributed by atoms with Crippen molar-refractivity contribution in [2.45, 2.75) is 0 Å². The van der Waals surface area contributed by atoms with Gasteiger partial charge in [0.1, 0.15) is 0 Å². The van der Waals surface area contributed by atoms with Crippen LogP contribution in [-0.4, -0.2) is 19.5 Å². The van der Waals surface area contributed by atoms with E-state index in [-0.39, 0.29) is 0 Å². The number of rotatable bonds is 4. The molecule has 0 aliphatic rings. The molecule has 7 rings (SSSR count). The summed E-state index contributed by atoms with van der Waals surface area (Å²) in [4.78, 5) is 14.2. The minimum Gasteiger partial charge on any atom is -0.308 e. The molecule has 0 saturated carbocycles. The molecule has 0 aliphatic heterocycles. The van der Waals surface area contributed by atoms with Crippen LogP contribution in [0.5, 0.6) is 0 Å². The summed E-state index contributed by atoms with van der Waals surface area (Å²) in [5, 5.41) is 1.16. The maximum atomic E-state index is 4.95. The van der Waals surface area contributed by atoms with Crippen molar-refractivity contribution in [3.8, 4) is 39.5 Å². The first-order chi connectivity index (χ1) is 18.3. The van der Waals surface area contributed by atoms with Crippen molar-refractivity contribution in [1.82, 2.24) is 19.5 Å². The van der Waals surface area contributed by atoms with Crippen LogP contribution in [0, 0.1) is 0 Å². The van der Waals surface area contributed by atoms with Crippen molar-refractivity contribution in [2.24, 2.45) is 0 Å². The van der Waals surface area contributed by atoms with E-state index < -0.39 is 0 Å². The van der Waals surface area contributed by atoms with Crippen molar-refractivity contribution in [3.05, 3.63) is 134 Å². The molecule has 4 nitrogen and oxygen atoms in total. The summed E-state index contributed by atoms with van der Waals surface area (Å²) < 4.78 is 2.28. The Balaban J connectivity index is 1.37. The summed E-state index contributed by atoms with van der Waals surface area (Å²) in [6.07, 6.45) is 3.66. The number of aromatic nitrogens is 4. The van der Waals surface area contributed by atoms with E-state index >= 15 is 0 Å². The van der Waals surface area contributed by atoms with Crippen LogP contribution in [-0.2, 0) is 0 Å². The second-order valence-electron chi connectivity index (χ2n) is 8.98. The van der Waals surface area contributed by atoms with Gasteiger partial charge in [0.2, 0.25) is 0 Å². The number of hydrogen-bond acceptors (Lipinski definition) is 3. The number of pyridine rings is 3. The lowest BCUT2D eigenvalue weighted by Gasteiger charge is -2.12. The topological polar surface area (TPSA) is 43.6 Å². The lowest BCUT2D eigenvalue weighted by atomic mass is 10.0. The molecule has 4 aromatic heterocycles. The largest absolute Gasteiger partial charge is 0.308 e. The molecule has 0 bridgehead atoms. The molecule has 0 spiro atoms. The fraction of sp³-hybridized carbons (Fsp3) is 0. The summed E-state index contributed by atoms with van der Waals surface area (Å²) in [7, 11) is 0. The zero-order valence-corrected chi connectivity index (χ0v) is 20.0. The van der Waals surface area contributed by atoms with Crippen molar-refractivity contribution >= 4 is 21.9 Å². The van der Waals surface area contributed by atoms with Gasteiger partial charge in [0.25, 0.3) is 0 Å². The fourth-order valence-corrected chi connectivity index (χ4v) is 4.96. The molecular weight excluding hydrogens is 452 g/mol. The third-order valence-corrected chi connectivity index (χ3v) is 6.71. The van der Waals surface area contributed by atoms with Gasteiger partial charge in [0.15, 0.2) is 0 Å². The maximum absolute atomic E-state index is 4.95. The predicted molar refractivity (Wildman–Crippen MR) is 150 cm³/mol. The normalized spacial score (nSPS) is 11.2. The average molecular weight is 475 g/mol. The summed E-state index contributed by atoms with van der Waals surface area (Å²) in [5.74, 6) is 0. The number of fused-ring (bicyclic) bond motifs is 3. The predicted octanol–water partition coefficient (Wildman–Crippen LogP) is 7.97. The first-order valence-corrected chi connectivity index (χ1v) is 12.3. The van der Waals surface area contributed by atoms with E-state index in [9.17, 15) is 0 Å². The number of para-hydroxylation sites is 1. The monoisotopic (exact) mass is 474 g/mol. The quantitative estimate of drug-likeness (QED) is 0.260. The van der Waals surface area contributed by atoms with E-state index in [0.29, 0.717) is 0 Å². The highest BCUT2D eigenvalue weighted by molar-refractivity contribution is 6.06. The Morgan fingerprint density at radius 3 is 2.03 bits per heavy atom. The molecule has 0 aliphatic carbocycles. The smallest absolute Gasteiger partial charge is 0.0963 e. The van der Waals surface area contributed by atoms with Crippen molar-refractivity contribution in [2.75, 3.05) is 0 Å². The second kappa shape index (κ2) is 8.85. The summed E-state index contributed by atoms with van der Waals surface area (Å²) in [6, 6.07) is 41.7. The first kappa shape index (κ1) is 21.2. The molecule has 7 aromatic rings. The minimum absolute atomic E-state index is 0.856. The molecule has 0 radical (unpaired) electrons. The number of hydrogen-bond donors (Lipinski definition) is 0. The highest BCUT2D eigenvalue weighted by Gasteiger charge is 2.13. The molecule has 0 saturated heterocycles. The summed E-state index contributed by atoms with van der Waals surface area (Å²) in [5.41, 5.74) is 10.3. The molecule has 0 amide bonds. The van der Waals surface area contributed by atoms with E-state index in [4.69, 9.17) is 4.98 Å². The Morgan fingerprint density at radius 1 is 0.459 bits per heavy atom. The van der Waals surface area contributed by atoms with Crippen LogP contribution >= 0.6 is 0 Å². The van der Waals surface area contributed by atoms with Crippen molar-refractivity contribution in [1.29, 1.82) is 0 Å². The van der Waals surface area contributed by atoms with E-state index in [0.717, 1.165) is 61.4 Å². The number of benzene rings is 3. The Hall–Kier alpha value is -5.09. The van der Waals surface area contributed by atoms with Gasteiger partial charge in [-0.25, -0.2) is 4.98 Å². The van der Waals surface area contributed by atoms with Crippen LogP contribution in [0.15, 0.2) is 134 Å². The highest BCUT2D eigenvalue weighted by Crippen LogP contribution is 2.33. The van der Waals surface area contributed by atoms with Gasteiger partial charge < -0.3 is 4.57 Å². The molecule has 174 valence electrons. The SMILES string of the molecule is c1ccc(-c2cc(-c3ccc(-n4c5ccccc5c5ncccc54)cc3)cc(-c3ccccn3)n2)cc1. The van der Waals surface area contributed by atoms with Gasteiger partial charge in [-0.1, -0.05) is 66.7 Å². The van der Waals surface area contributed by atoms with Crippen LogP contribution in [0.1, 0.15) is 0 Å². The zero-order chi connectivity index (χ0) is 24.6. The summed E-state index contributed by atoms with van der Waals surface area (Å²) in [6.45, 7) is 0. The lowest BCUT2D eigenvalue weighted by molar-refractivity contribution is 1.17. The Labute approximate surface area is 214 Å². The average Bonchev–Trinajstić information content (AvgIpc) is 3.32. The van der Waals surface area contributed by atoms with Crippen LogP contribution in [0.2, 0.25) is 0 Å². The van der Waals surface area contributed by atoms with Gasteiger partial charge in [0, 0.05) is 29.0 Å². The van der Waals surface area contributed by atoms with Crippen molar-refractivity contribution in [3.63, 3.8) is 0 Å². The third-order valence-electron chi connectivity index (χ3n) is 6.71. The number of nitrogens with zero attached hydrogens (tertiary/aromatic N) is 4. The Bertz CT molecular complexity index is 1740. The zero-order valence-electron chi connectivity index (χ0n) is 20.0. The fourth-order valence-electron chi connectivity index (χ4n) is 4.96. The molecule has 0 unspecified atom stereocenters. The first-order valence-electron chi connectivity index (χ1n) is 12.3. The maximum Gasteiger partial charge on any atom is 0.0963 e. The van der Waals surface area contributed by atoms with Gasteiger partial charge in [-0.3, -0.25) is 9.97 Å². The van der Waals surface area contributed by atoms with Crippen molar-refractivity contribution < 1.29 is 0 Å². The summed E-state index contributed by atoms with van der Waals surface area (Å²) >= 11 is 0. The van der Waals surface area contributed by atoms with Crippen LogP contribution < -0.4 is 0 Å². The van der Waals surface area contributed by atoms with Gasteiger partial charge in [-0.15, -0.1) is 0 Å². The Morgan fingerprint density at radius 2 is 1.19 bits per heavy atom. The minimum atomic E-state index is 0.856. The van der Waals surface area contributed by atoms with Crippen LogP contribution in [0.4, 0.5) is 0 Å². The molecular formula is C33H22N4. The van der Waals surface area contributed by atoms with Gasteiger partial charge in [-0.05, 0) is 65.7 Å². The second-order valence-corrected chi connectivity index (χ2v) is 8.98. The van der Waals surface area contributed by atoms with Gasteiger partial charge in [-0.2, -0.15) is 0 Å². The molecule has 37 heavy (non-hydrogen) atoms. The van der Waals surface area contributed by atoms with E-state index in [1.54, 1.807) is 6.20 Å².